The Balaban J connectivity index is 2.03. The van der Waals surface area contributed by atoms with E-state index >= 15 is 0 Å². The molecule has 1 aromatic carbocycles. The first-order valence-electron chi connectivity index (χ1n) is 6.31. The molecule has 0 amide bonds. The van der Waals surface area contributed by atoms with Crippen LogP contribution in [0.3, 0.4) is 0 Å². The Morgan fingerprint density at radius 3 is 2.71 bits per heavy atom. The van der Waals surface area contributed by atoms with Crippen LogP contribution in [-0.2, 0) is 4.74 Å². The van der Waals surface area contributed by atoms with Crippen LogP contribution in [0.1, 0.15) is 10.4 Å². The highest BCUT2D eigenvalue weighted by Crippen LogP contribution is 2.21. The zero-order chi connectivity index (χ0) is 14.7. The molecule has 21 heavy (non-hydrogen) atoms. The van der Waals surface area contributed by atoms with E-state index in [1.807, 2.05) is 30.3 Å². The summed E-state index contributed by atoms with van der Waals surface area (Å²) >= 11 is 0. The molecule has 0 fully saturated rings. The van der Waals surface area contributed by atoms with Gasteiger partial charge in [-0.3, -0.25) is 10.1 Å². The predicted molar refractivity (Wildman–Crippen MR) is 76.4 cm³/mol. The molecule has 3 aromatic rings. The number of esters is 1. The molecule has 1 N–H and O–H groups in total. The van der Waals surface area contributed by atoms with Gasteiger partial charge in [0.25, 0.3) is 0 Å². The van der Waals surface area contributed by atoms with Gasteiger partial charge in [-0.25, -0.2) is 9.78 Å². The Labute approximate surface area is 120 Å². The van der Waals surface area contributed by atoms with E-state index in [1.54, 1.807) is 18.3 Å². The Morgan fingerprint density at radius 2 is 1.95 bits per heavy atom. The summed E-state index contributed by atoms with van der Waals surface area (Å²) in [6.45, 7) is 0. The number of H-pyrrole nitrogens is 1. The molecule has 6 heteroatoms. The lowest BCUT2D eigenvalue weighted by Crippen LogP contribution is -2.05. The fraction of sp³-hybridized carbons (Fsp3) is 0.0667. The van der Waals surface area contributed by atoms with Crippen LogP contribution in [0.4, 0.5) is 0 Å². The van der Waals surface area contributed by atoms with Crippen LogP contribution in [0.5, 0.6) is 0 Å². The summed E-state index contributed by atoms with van der Waals surface area (Å²) in [7, 11) is 1.33. The molecular weight excluding hydrogens is 268 g/mol. The number of hydrogen-bond acceptors (Lipinski definition) is 5. The van der Waals surface area contributed by atoms with Gasteiger partial charge in [-0.15, -0.1) is 0 Å². The highest BCUT2D eigenvalue weighted by atomic mass is 16.5. The summed E-state index contributed by atoms with van der Waals surface area (Å²) in [5.74, 6) is 0.512. The van der Waals surface area contributed by atoms with Crippen molar-refractivity contribution in [2.75, 3.05) is 7.11 Å². The molecule has 0 spiro atoms. The first kappa shape index (κ1) is 13.0. The van der Waals surface area contributed by atoms with Crippen LogP contribution < -0.4 is 0 Å². The Hall–Kier alpha value is -3.02. The number of aromatic nitrogens is 4. The van der Waals surface area contributed by atoms with Crippen molar-refractivity contribution in [3.05, 3.63) is 54.2 Å². The van der Waals surface area contributed by atoms with Gasteiger partial charge in [0.05, 0.1) is 12.7 Å². The van der Waals surface area contributed by atoms with Gasteiger partial charge in [-0.1, -0.05) is 30.3 Å². The number of hydrogen-bond donors (Lipinski definition) is 1. The van der Waals surface area contributed by atoms with Crippen molar-refractivity contribution in [1.29, 1.82) is 0 Å². The summed E-state index contributed by atoms with van der Waals surface area (Å²) in [5.41, 5.74) is 1.64. The van der Waals surface area contributed by atoms with Gasteiger partial charge in [-0.05, 0) is 12.1 Å². The maximum absolute atomic E-state index is 11.8. The number of aromatic amines is 1. The first-order valence-corrected chi connectivity index (χ1v) is 6.31. The minimum Gasteiger partial charge on any atom is -0.465 e. The fourth-order valence-electron chi connectivity index (χ4n) is 1.95. The van der Waals surface area contributed by atoms with E-state index in [2.05, 4.69) is 20.2 Å². The highest BCUT2D eigenvalue weighted by molar-refractivity contribution is 5.95. The van der Waals surface area contributed by atoms with Gasteiger partial charge >= 0.3 is 5.97 Å². The van der Waals surface area contributed by atoms with Crippen LogP contribution >= 0.6 is 0 Å². The molecule has 104 valence electrons. The van der Waals surface area contributed by atoms with Gasteiger partial charge in [-0.2, -0.15) is 5.10 Å². The summed E-state index contributed by atoms with van der Waals surface area (Å²) in [5, 5.41) is 6.97. The second-order valence-electron chi connectivity index (χ2n) is 4.26. The molecule has 0 aliphatic heterocycles. The van der Waals surface area contributed by atoms with Crippen LogP contribution in [0.15, 0.2) is 48.7 Å². The van der Waals surface area contributed by atoms with E-state index in [0.717, 1.165) is 5.56 Å². The quantitative estimate of drug-likeness (QED) is 0.745. The Kier molecular flexibility index (Phi) is 3.42. The van der Waals surface area contributed by atoms with Gasteiger partial charge in [0, 0.05) is 11.8 Å². The third-order valence-corrected chi connectivity index (χ3v) is 2.95. The summed E-state index contributed by atoms with van der Waals surface area (Å²) in [6.07, 6.45) is 1.59. The number of pyridine rings is 1. The average molecular weight is 280 g/mol. The fourth-order valence-corrected chi connectivity index (χ4v) is 1.95. The number of nitrogens with zero attached hydrogens (tertiary/aromatic N) is 3. The van der Waals surface area contributed by atoms with Gasteiger partial charge in [0.15, 0.2) is 11.6 Å². The number of benzene rings is 1. The maximum Gasteiger partial charge on any atom is 0.340 e. The molecule has 3 rings (SSSR count). The molecule has 0 bridgehead atoms. The lowest BCUT2D eigenvalue weighted by molar-refractivity contribution is 0.0601. The van der Waals surface area contributed by atoms with Crippen molar-refractivity contribution in [3.63, 3.8) is 0 Å². The lowest BCUT2D eigenvalue weighted by Gasteiger charge is -2.03. The summed E-state index contributed by atoms with van der Waals surface area (Å²) < 4.78 is 4.75. The van der Waals surface area contributed by atoms with Crippen molar-refractivity contribution in [2.24, 2.45) is 0 Å². The number of carbonyl (C=O) groups is 1. The summed E-state index contributed by atoms with van der Waals surface area (Å²) in [4.78, 5) is 20.3. The standard InChI is InChI=1S/C15H12N4O2/c1-21-15(20)11-8-5-9-16-12(11)14-17-13(18-19-14)10-6-3-2-4-7-10/h2-9H,1H3,(H,17,18,19). The molecule has 0 saturated carbocycles. The number of methoxy groups -OCH3 is 1. The van der Waals surface area contributed by atoms with Crippen molar-refractivity contribution in [3.8, 4) is 22.9 Å². The number of nitrogens with one attached hydrogen (secondary N) is 1. The second kappa shape index (κ2) is 5.54. The van der Waals surface area contributed by atoms with Crippen LogP contribution in [0.2, 0.25) is 0 Å². The Morgan fingerprint density at radius 1 is 1.14 bits per heavy atom. The van der Waals surface area contributed by atoms with Crippen LogP contribution in [-0.4, -0.2) is 33.2 Å². The van der Waals surface area contributed by atoms with Gasteiger partial charge in [0.2, 0.25) is 0 Å². The average Bonchev–Trinajstić information content (AvgIpc) is 3.05. The molecular formula is C15H12N4O2. The minimum absolute atomic E-state index is 0.343. The molecule has 2 aromatic heterocycles. The smallest absolute Gasteiger partial charge is 0.340 e. The van der Waals surface area contributed by atoms with E-state index in [0.29, 0.717) is 22.9 Å². The normalized spacial score (nSPS) is 10.3. The molecule has 0 saturated heterocycles. The maximum atomic E-state index is 11.8. The van der Waals surface area contributed by atoms with Crippen molar-refractivity contribution in [1.82, 2.24) is 20.2 Å². The Bertz CT molecular complexity index is 768. The third kappa shape index (κ3) is 2.51. The van der Waals surface area contributed by atoms with Crippen molar-refractivity contribution < 1.29 is 9.53 Å². The van der Waals surface area contributed by atoms with Gasteiger partial charge in [0.1, 0.15) is 5.69 Å². The predicted octanol–water partition coefficient (Wildman–Crippen LogP) is 2.32. The molecule has 0 aliphatic rings. The van der Waals surface area contributed by atoms with Crippen molar-refractivity contribution in [2.45, 2.75) is 0 Å². The monoisotopic (exact) mass is 280 g/mol. The highest BCUT2D eigenvalue weighted by Gasteiger charge is 2.17. The molecule has 0 aliphatic carbocycles. The van der Waals surface area contributed by atoms with Crippen molar-refractivity contribution >= 4 is 5.97 Å². The number of rotatable bonds is 3. The molecule has 6 nitrogen and oxygen atoms in total. The zero-order valence-corrected chi connectivity index (χ0v) is 11.3. The summed E-state index contributed by atoms with van der Waals surface area (Å²) in [6, 6.07) is 12.9. The van der Waals surface area contributed by atoms with E-state index < -0.39 is 5.97 Å². The topological polar surface area (TPSA) is 80.8 Å². The largest absolute Gasteiger partial charge is 0.465 e. The molecule has 2 heterocycles. The first-order chi connectivity index (χ1) is 10.3. The zero-order valence-electron chi connectivity index (χ0n) is 11.3. The van der Waals surface area contributed by atoms with E-state index in [4.69, 9.17) is 4.74 Å². The van der Waals surface area contributed by atoms with E-state index in [1.165, 1.54) is 7.11 Å². The number of ether oxygens (including phenoxy) is 1. The second-order valence-corrected chi connectivity index (χ2v) is 4.26. The molecule has 0 radical (unpaired) electrons. The molecule has 0 atom stereocenters. The number of carbonyl (C=O) groups excluding carboxylic acids is 1. The van der Waals surface area contributed by atoms with Crippen LogP contribution in [0.25, 0.3) is 22.9 Å². The SMILES string of the molecule is COC(=O)c1cccnc1-c1nc(-c2ccccc2)n[nH]1. The van der Waals surface area contributed by atoms with Gasteiger partial charge < -0.3 is 4.74 Å². The van der Waals surface area contributed by atoms with E-state index in [-0.39, 0.29) is 0 Å². The van der Waals surface area contributed by atoms with E-state index in [9.17, 15) is 4.79 Å². The lowest BCUT2D eigenvalue weighted by atomic mass is 10.2. The van der Waals surface area contributed by atoms with Crippen LogP contribution in [0, 0.1) is 0 Å². The minimum atomic E-state index is -0.462. The third-order valence-electron chi connectivity index (χ3n) is 2.95. The molecule has 0 unspecified atom stereocenters.